The van der Waals surface area contributed by atoms with Crippen molar-refractivity contribution >= 4 is 11.6 Å². The van der Waals surface area contributed by atoms with Gasteiger partial charge in [0.1, 0.15) is 0 Å². The highest BCUT2D eigenvalue weighted by Crippen LogP contribution is 2.15. The number of hydrogen-bond donors (Lipinski definition) is 0. The molecule has 0 rings (SSSR count). The molecule has 0 aromatic rings. The zero-order valence-corrected chi connectivity index (χ0v) is 10.9. The normalized spacial score (nSPS) is 11.7. The number of allylic oxidation sites excluding steroid dienone is 3. The van der Waals surface area contributed by atoms with E-state index < -0.39 is 0 Å². The van der Waals surface area contributed by atoms with Crippen LogP contribution in [0.1, 0.15) is 6.92 Å². The van der Waals surface area contributed by atoms with Crippen LogP contribution in [0.3, 0.4) is 0 Å². The summed E-state index contributed by atoms with van der Waals surface area (Å²) in [4.78, 5) is 4.21. The first kappa shape index (κ1) is 14.3. The van der Waals surface area contributed by atoms with E-state index in [1.54, 1.807) is 0 Å². The number of likely N-dealkylation sites (N-methyl/N-ethyl adjacent to an activating group) is 2. The van der Waals surface area contributed by atoms with Gasteiger partial charge in [0.25, 0.3) is 0 Å². The Hall–Kier alpha value is -0.730. The van der Waals surface area contributed by atoms with Crippen LogP contribution in [-0.4, -0.2) is 44.0 Å². The van der Waals surface area contributed by atoms with Crippen molar-refractivity contribution in [2.45, 2.75) is 6.92 Å². The largest absolute Gasteiger partial charge is 0.374 e. The van der Waals surface area contributed by atoms with Crippen LogP contribution in [0.4, 0.5) is 0 Å². The SMILES string of the molecule is C=C(C)/C(Cl)=C\C(=C)N(C)CCN(C)C. The van der Waals surface area contributed by atoms with E-state index in [1.807, 2.05) is 34.1 Å². The van der Waals surface area contributed by atoms with Crippen molar-refractivity contribution in [2.24, 2.45) is 0 Å². The van der Waals surface area contributed by atoms with Gasteiger partial charge in [-0.1, -0.05) is 24.8 Å². The van der Waals surface area contributed by atoms with Crippen molar-refractivity contribution in [1.29, 1.82) is 0 Å². The van der Waals surface area contributed by atoms with Crippen LogP contribution in [0, 0.1) is 0 Å². The third-order valence-corrected chi connectivity index (χ3v) is 2.51. The van der Waals surface area contributed by atoms with E-state index in [1.165, 1.54) is 0 Å². The molecule has 0 bridgehead atoms. The van der Waals surface area contributed by atoms with Crippen LogP contribution in [0.15, 0.2) is 35.5 Å². The summed E-state index contributed by atoms with van der Waals surface area (Å²) in [5.74, 6) is 0. The highest BCUT2D eigenvalue weighted by molar-refractivity contribution is 6.32. The number of halogens is 1. The highest BCUT2D eigenvalue weighted by Gasteiger charge is 2.01. The van der Waals surface area contributed by atoms with E-state index >= 15 is 0 Å². The molecular weight excluding hydrogens is 208 g/mol. The summed E-state index contributed by atoms with van der Waals surface area (Å²) in [6.07, 6.45) is 1.85. The molecule has 15 heavy (non-hydrogen) atoms. The lowest BCUT2D eigenvalue weighted by molar-refractivity contribution is 0.331. The van der Waals surface area contributed by atoms with Gasteiger partial charge in [0.15, 0.2) is 0 Å². The van der Waals surface area contributed by atoms with E-state index in [4.69, 9.17) is 11.6 Å². The van der Waals surface area contributed by atoms with Crippen LogP contribution >= 0.6 is 11.6 Å². The summed E-state index contributed by atoms with van der Waals surface area (Å²) in [5, 5.41) is 0.664. The first-order valence-corrected chi connectivity index (χ1v) is 5.30. The van der Waals surface area contributed by atoms with E-state index in [0.29, 0.717) is 5.03 Å². The molecule has 0 radical (unpaired) electrons. The minimum atomic E-state index is 0.664. The van der Waals surface area contributed by atoms with Gasteiger partial charge >= 0.3 is 0 Å². The Bertz CT molecular complexity index is 267. The summed E-state index contributed by atoms with van der Waals surface area (Å²) >= 11 is 5.98. The Morgan fingerprint density at radius 1 is 1.20 bits per heavy atom. The predicted molar refractivity (Wildman–Crippen MR) is 69.1 cm³/mol. The van der Waals surface area contributed by atoms with Crippen molar-refractivity contribution < 1.29 is 0 Å². The molecule has 0 aliphatic carbocycles. The van der Waals surface area contributed by atoms with E-state index in [0.717, 1.165) is 24.4 Å². The van der Waals surface area contributed by atoms with Crippen LogP contribution in [0.5, 0.6) is 0 Å². The van der Waals surface area contributed by atoms with Gasteiger partial charge in [0.05, 0.1) is 0 Å². The summed E-state index contributed by atoms with van der Waals surface area (Å²) in [5.41, 5.74) is 1.77. The molecule has 86 valence electrons. The lowest BCUT2D eigenvalue weighted by Crippen LogP contribution is -2.27. The quantitative estimate of drug-likeness (QED) is 0.645. The molecule has 0 aromatic heterocycles. The number of nitrogens with zero attached hydrogens (tertiary/aromatic N) is 2. The summed E-state index contributed by atoms with van der Waals surface area (Å²) in [6.45, 7) is 11.5. The van der Waals surface area contributed by atoms with Crippen LogP contribution in [0.25, 0.3) is 0 Å². The Balaban J connectivity index is 4.21. The lowest BCUT2D eigenvalue weighted by Gasteiger charge is -2.21. The zero-order valence-electron chi connectivity index (χ0n) is 10.2. The number of hydrogen-bond acceptors (Lipinski definition) is 2. The summed E-state index contributed by atoms with van der Waals surface area (Å²) in [6, 6.07) is 0. The monoisotopic (exact) mass is 228 g/mol. The van der Waals surface area contributed by atoms with Crippen molar-refractivity contribution in [3.8, 4) is 0 Å². The second kappa shape index (κ2) is 6.70. The molecule has 0 spiro atoms. The topological polar surface area (TPSA) is 6.48 Å². The minimum Gasteiger partial charge on any atom is -0.374 e. The van der Waals surface area contributed by atoms with Gasteiger partial charge in [0.2, 0.25) is 0 Å². The average Bonchev–Trinajstić information content (AvgIpc) is 2.13. The number of rotatable bonds is 6. The molecule has 0 saturated heterocycles. The molecule has 3 heteroatoms. The molecule has 0 aliphatic heterocycles. The molecular formula is C12H21ClN2. The molecule has 0 aliphatic rings. The fraction of sp³-hybridized carbons (Fsp3) is 0.500. The smallest absolute Gasteiger partial charge is 0.0449 e. The van der Waals surface area contributed by atoms with E-state index in [2.05, 4.69) is 23.0 Å². The van der Waals surface area contributed by atoms with Gasteiger partial charge in [-0.2, -0.15) is 0 Å². The van der Waals surface area contributed by atoms with E-state index in [9.17, 15) is 0 Å². The molecule has 2 nitrogen and oxygen atoms in total. The predicted octanol–water partition coefficient (Wildman–Crippen LogP) is 2.69. The molecule has 0 amide bonds. The Morgan fingerprint density at radius 2 is 1.73 bits per heavy atom. The third-order valence-electron chi connectivity index (χ3n) is 2.07. The maximum Gasteiger partial charge on any atom is 0.0449 e. The first-order chi connectivity index (χ1) is 6.84. The maximum absolute atomic E-state index is 5.98. The molecule has 0 N–H and O–H groups in total. The van der Waals surface area contributed by atoms with Crippen LogP contribution in [-0.2, 0) is 0 Å². The summed E-state index contributed by atoms with van der Waals surface area (Å²) in [7, 11) is 6.10. The second-order valence-corrected chi connectivity index (χ2v) is 4.40. The fourth-order valence-corrected chi connectivity index (χ4v) is 0.999. The molecule has 0 aromatic carbocycles. The zero-order chi connectivity index (χ0) is 12.0. The van der Waals surface area contributed by atoms with E-state index in [-0.39, 0.29) is 0 Å². The molecule has 0 unspecified atom stereocenters. The average molecular weight is 229 g/mol. The standard InChI is InChI=1S/C12H21ClN2/c1-10(2)12(13)9-11(3)15(6)8-7-14(4)5/h9H,1,3,7-8H2,2,4-6H3/b12-9+. The lowest BCUT2D eigenvalue weighted by atomic mass is 10.2. The fourth-order valence-electron chi connectivity index (χ4n) is 0.873. The third kappa shape index (κ3) is 6.37. The maximum atomic E-state index is 5.98. The highest BCUT2D eigenvalue weighted by atomic mass is 35.5. The van der Waals surface area contributed by atoms with Gasteiger partial charge in [-0.05, 0) is 32.7 Å². The molecule has 0 fully saturated rings. The molecule has 0 saturated carbocycles. The van der Waals surface area contributed by atoms with Crippen molar-refractivity contribution in [1.82, 2.24) is 9.80 Å². The minimum absolute atomic E-state index is 0.664. The van der Waals surface area contributed by atoms with Gasteiger partial charge in [-0.3, -0.25) is 0 Å². The van der Waals surface area contributed by atoms with Crippen molar-refractivity contribution in [3.63, 3.8) is 0 Å². The van der Waals surface area contributed by atoms with Gasteiger partial charge in [-0.25, -0.2) is 0 Å². The van der Waals surface area contributed by atoms with Crippen molar-refractivity contribution in [2.75, 3.05) is 34.2 Å². The Kier molecular flexibility index (Phi) is 6.37. The van der Waals surface area contributed by atoms with Gasteiger partial charge < -0.3 is 9.80 Å². The Labute approximate surface area is 98.5 Å². The molecule has 0 heterocycles. The second-order valence-electron chi connectivity index (χ2n) is 3.99. The van der Waals surface area contributed by atoms with Crippen molar-refractivity contribution in [3.05, 3.63) is 35.5 Å². The van der Waals surface area contributed by atoms with Gasteiger partial charge in [-0.15, -0.1) is 0 Å². The first-order valence-electron chi connectivity index (χ1n) is 4.92. The Morgan fingerprint density at radius 3 is 2.13 bits per heavy atom. The molecule has 0 atom stereocenters. The summed E-state index contributed by atoms with van der Waals surface area (Å²) < 4.78 is 0. The van der Waals surface area contributed by atoms with Gasteiger partial charge in [0, 0.05) is 30.9 Å². The van der Waals surface area contributed by atoms with Crippen LogP contribution in [0.2, 0.25) is 0 Å². The van der Waals surface area contributed by atoms with Crippen LogP contribution < -0.4 is 0 Å².